The zero-order valence-corrected chi connectivity index (χ0v) is 15.0. The number of aromatic hydroxyl groups is 1. The molecule has 4 rings (SSSR count). The summed E-state index contributed by atoms with van der Waals surface area (Å²) < 4.78 is 6.08. The quantitative estimate of drug-likeness (QED) is 0.615. The van der Waals surface area contributed by atoms with Gasteiger partial charge in [-0.1, -0.05) is 12.1 Å². The van der Waals surface area contributed by atoms with Crippen LogP contribution in [0.3, 0.4) is 0 Å². The third-order valence-corrected chi connectivity index (χ3v) is 5.57. The minimum Gasteiger partial charge on any atom is -0.507 e. The molecule has 1 aromatic carbocycles. The van der Waals surface area contributed by atoms with Crippen molar-refractivity contribution >= 4 is 24.0 Å². The molecule has 0 aliphatic carbocycles. The first-order chi connectivity index (χ1) is 13.0. The molecular formula is C20H24N4O3. The lowest BCUT2D eigenvalue weighted by molar-refractivity contribution is -0.118. The lowest BCUT2D eigenvalue weighted by Crippen LogP contribution is -2.32. The topological polar surface area (TPSA) is 118 Å². The van der Waals surface area contributed by atoms with E-state index in [-0.39, 0.29) is 17.3 Å². The molecule has 1 spiro atoms. The molecule has 3 heterocycles. The first-order valence-corrected chi connectivity index (χ1v) is 9.07. The number of aromatic amines is 1. The van der Waals surface area contributed by atoms with E-state index in [4.69, 9.17) is 16.2 Å². The van der Waals surface area contributed by atoms with Crippen molar-refractivity contribution in [2.75, 3.05) is 25.4 Å². The van der Waals surface area contributed by atoms with E-state index in [1.807, 2.05) is 12.1 Å². The molecule has 1 aromatic heterocycles. The number of nitrogens with zero attached hydrogens (tertiary/aromatic N) is 1. The maximum Gasteiger partial charge on any atom is 0.209 e. The Bertz CT molecular complexity index is 891. The fourth-order valence-electron chi connectivity index (χ4n) is 4.11. The van der Waals surface area contributed by atoms with Crippen LogP contribution in [0.25, 0.3) is 11.8 Å². The number of anilines is 1. The van der Waals surface area contributed by atoms with Crippen molar-refractivity contribution in [3.8, 4) is 5.75 Å². The summed E-state index contributed by atoms with van der Waals surface area (Å²) >= 11 is 0. The number of hydrogen-bond acceptors (Lipinski definition) is 5. The number of hydrogen-bond donors (Lipinski definition) is 4. The Balaban J connectivity index is 1.53. The first-order valence-electron chi connectivity index (χ1n) is 9.07. The van der Waals surface area contributed by atoms with Gasteiger partial charge in [-0.05, 0) is 37.1 Å². The maximum atomic E-state index is 11.0. The Morgan fingerprint density at radius 2 is 2.22 bits per heavy atom. The minimum atomic E-state index is -0.240. The van der Waals surface area contributed by atoms with Crippen LogP contribution in [0.15, 0.2) is 30.3 Å². The van der Waals surface area contributed by atoms with Crippen LogP contribution in [-0.2, 0) is 9.53 Å². The summed E-state index contributed by atoms with van der Waals surface area (Å²) in [7, 11) is 0. The molecule has 7 heteroatoms. The van der Waals surface area contributed by atoms with Crippen LogP contribution >= 0.6 is 0 Å². The fourth-order valence-corrected chi connectivity index (χ4v) is 4.11. The number of nitrogens with one attached hydrogen (secondary N) is 1. The molecule has 6 N–H and O–H groups in total. The number of rotatable bonds is 4. The fraction of sp³-hybridized carbons (Fsp3) is 0.350. The molecule has 2 aliphatic rings. The van der Waals surface area contributed by atoms with E-state index in [2.05, 4.69) is 4.98 Å². The summed E-state index contributed by atoms with van der Waals surface area (Å²) in [6, 6.07) is 8.92. The van der Waals surface area contributed by atoms with Gasteiger partial charge >= 0.3 is 0 Å². The molecule has 7 nitrogen and oxygen atoms in total. The molecule has 2 aromatic rings. The van der Waals surface area contributed by atoms with Crippen LogP contribution in [-0.4, -0.2) is 46.7 Å². The van der Waals surface area contributed by atoms with Gasteiger partial charge in [0, 0.05) is 41.5 Å². The molecule has 2 aliphatic heterocycles. The molecule has 2 saturated heterocycles. The number of aromatic nitrogens is 1. The van der Waals surface area contributed by atoms with Gasteiger partial charge in [0.05, 0.1) is 12.2 Å². The molecule has 0 bridgehead atoms. The molecule has 27 heavy (non-hydrogen) atoms. The van der Waals surface area contributed by atoms with Crippen molar-refractivity contribution < 1.29 is 14.6 Å². The van der Waals surface area contributed by atoms with Crippen LogP contribution in [0.1, 0.15) is 35.6 Å². The Kier molecular flexibility index (Phi) is 4.31. The number of benzene rings is 1. The summed E-state index contributed by atoms with van der Waals surface area (Å²) in [4.78, 5) is 16.0. The maximum absolute atomic E-state index is 11.0. The number of carbonyl (C=O) groups is 1. The van der Waals surface area contributed by atoms with Crippen molar-refractivity contribution in [3.63, 3.8) is 0 Å². The standard InChI is InChI=1S/C20H24N4O3/c21-16(15-3-1-2-4-18(15)26)7-13-8-17(23-19(13)22)14-9-20(27-10-14)5-6-24(11-20)12-25/h1-4,7-8,12,14,23,26H,5-6,9-11,21-22H2/b16-7-. The molecule has 2 fully saturated rings. The number of likely N-dealkylation sites (tertiary alicyclic amines) is 1. The van der Waals surface area contributed by atoms with Gasteiger partial charge in [0.1, 0.15) is 11.6 Å². The minimum absolute atomic E-state index is 0.132. The average molecular weight is 368 g/mol. The van der Waals surface area contributed by atoms with E-state index < -0.39 is 0 Å². The second kappa shape index (κ2) is 6.66. The van der Waals surface area contributed by atoms with Gasteiger partial charge in [0.25, 0.3) is 0 Å². The molecule has 142 valence electrons. The molecule has 0 saturated carbocycles. The van der Waals surface area contributed by atoms with Gasteiger partial charge in [0.15, 0.2) is 0 Å². The van der Waals surface area contributed by atoms with Crippen molar-refractivity contribution in [2.24, 2.45) is 5.73 Å². The van der Waals surface area contributed by atoms with Gasteiger partial charge in [-0.25, -0.2) is 0 Å². The highest BCUT2D eigenvalue weighted by molar-refractivity contribution is 5.84. The molecule has 2 atom stereocenters. The number of para-hydroxylation sites is 1. The average Bonchev–Trinajstić information content (AvgIpc) is 3.36. The Hall–Kier alpha value is -2.93. The number of carbonyl (C=O) groups excluding carboxylic acids is 1. The van der Waals surface area contributed by atoms with Gasteiger partial charge in [0.2, 0.25) is 6.41 Å². The largest absolute Gasteiger partial charge is 0.507 e. The predicted molar refractivity (Wildman–Crippen MR) is 104 cm³/mol. The van der Waals surface area contributed by atoms with E-state index in [0.717, 1.165) is 37.1 Å². The highest BCUT2D eigenvalue weighted by Crippen LogP contribution is 2.42. The number of nitrogens with two attached hydrogens (primary N) is 2. The highest BCUT2D eigenvalue weighted by Gasteiger charge is 2.46. The molecule has 1 amide bonds. The van der Waals surface area contributed by atoms with Crippen molar-refractivity contribution in [1.82, 2.24) is 9.88 Å². The highest BCUT2D eigenvalue weighted by atomic mass is 16.5. The first kappa shape index (κ1) is 17.5. The summed E-state index contributed by atoms with van der Waals surface area (Å²) in [6.07, 6.45) is 4.38. The third kappa shape index (κ3) is 3.26. The lowest BCUT2D eigenvalue weighted by Gasteiger charge is -2.21. The lowest BCUT2D eigenvalue weighted by atomic mass is 9.91. The third-order valence-electron chi connectivity index (χ3n) is 5.57. The van der Waals surface area contributed by atoms with E-state index in [1.54, 1.807) is 29.2 Å². The Morgan fingerprint density at radius 3 is 2.96 bits per heavy atom. The van der Waals surface area contributed by atoms with Gasteiger partial charge in [-0.3, -0.25) is 4.79 Å². The second-order valence-electron chi connectivity index (χ2n) is 7.43. The molecule has 2 unspecified atom stereocenters. The van der Waals surface area contributed by atoms with Crippen LogP contribution in [0.5, 0.6) is 5.75 Å². The second-order valence-corrected chi connectivity index (χ2v) is 7.43. The van der Waals surface area contributed by atoms with Gasteiger partial charge in [-0.2, -0.15) is 0 Å². The summed E-state index contributed by atoms with van der Waals surface area (Å²) in [5.41, 5.74) is 14.9. The predicted octanol–water partition coefficient (Wildman–Crippen LogP) is 1.86. The number of amides is 1. The summed E-state index contributed by atoms with van der Waals surface area (Å²) in [5.74, 6) is 0.866. The van der Waals surface area contributed by atoms with Crippen LogP contribution in [0, 0.1) is 0 Å². The number of phenolic OH excluding ortho intramolecular Hbond substituents is 1. The van der Waals surface area contributed by atoms with Crippen molar-refractivity contribution in [2.45, 2.75) is 24.4 Å². The zero-order valence-electron chi connectivity index (χ0n) is 15.0. The number of nitrogen functional groups attached to an aromatic ring is 1. The normalized spacial score (nSPS) is 25.4. The van der Waals surface area contributed by atoms with Crippen molar-refractivity contribution in [1.29, 1.82) is 0 Å². The monoisotopic (exact) mass is 368 g/mol. The van der Waals surface area contributed by atoms with Crippen LogP contribution in [0.4, 0.5) is 5.82 Å². The summed E-state index contributed by atoms with van der Waals surface area (Å²) in [5, 5.41) is 9.96. The summed E-state index contributed by atoms with van der Waals surface area (Å²) in [6.45, 7) is 2.00. The number of ether oxygens (including phenoxy) is 1. The Morgan fingerprint density at radius 1 is 1.41 bits per heavy atom. The molecule has 0 radical (unpaired) electrons. The van der Waals surface area contributed by atoms with Crippen LogP contribution in [0.2, 0.25) is 0 Å². The van der Waals surface area contributed by atoms with E-state index in [0.29, 0.717) is 30.2 Å². The Labute approximate surface area is 157 Å². The van der Waals surface area contributed by atoms with Gasteiger partial charge in [-0.15, -0.1) is 0 Å². The van der Waals surface area contributed by atoms with Crippen molar-refractivity contribution in [3.05, 3.63) is 47.2 Å². The van der Waals surface area contributed by atoms with E-state index in [9.17, 15) is 9.90 Å². The number of phenols is 1. The zero-order chi connectivity index (χ0) is 19.0. The SMILES string of the molecule is N/C(=C\c1cc(C2COC3(CCN(C=O)C3)C2)[nH]c1N)c1ccccc1O. The van der Waals surface area contributed by atoms with Gasteiger partial charge < -0.3 is 31.2 Å². The van der Waals surface area contributed by atoms with Crippen LogP contribution < -0.4 is 11.5 Å². The smallest absolute Gasteiger partial charge is 0.209 e. The van der Waals surface area contributed by atoms with E-state index >= 15 is 0 Å². The number of H-pyrrole nitrogens is 1. The van der Waals surface area contributed by atoms with E-state index in [1.165, 1.54) is 0 Å². The molecular weight excluding hydrogens is 344 g/mol.